The molecule has 0 atom stereocenters. The Hall–Kier alpha value is -1.27. The van der Waals surface area contributed by atoms with E-state index in [0.29, 0.717) is 12.8 Å². The van der Waals surface area contributed by atoms with Crippen LogP contribution < -0.4 is 0 Å². The Morgan fingerprint density at radius 3 is 2.05 bits per heavy atom. The van der Waals surface area contributed by atoms with Gasteiger partial charge in [0.15, 0.2) is 0 Å². The topological polar surface area (TPSA) is 46.6 Å². The minimum atomic E-state index is -4.93. The molecule has 1 aliphatic rings. The summed E-state index contributed by atoms with van der Waals surface area (Å²) in [5.41, 5.74) is -0.810. The normalized spacial score (nSPS) is 17.1. The van der Waals surface area contributed by atoms with Gasteiger partial charge in [-0.15, -0.1) is 0 Å². The van der Waals surface area contributed by atoms with Crippen molar-refractivity contribution in [3.05, 3.63) is 0 Å². The standard InChI is InChI=1S/C13H20F3NO3/c1-12(2,3)20-11(19)17(9-6-4-5-7-9)8-10(18)13(14,15)16/h9H,4-8H2,1-3H3. The van der Waals surface area contributed by atoms with Crippen molar-refractivity contribution >= 4 is 11.9 Å². The molecule has 0 aromatic carbocycles. The number of hydrogen-bond donors (Lipinski definition) is 0. The minimum absolute atomic E-state index is 0.351. The number of rotatable bonds is 3. The van der Waals surface area contributed by atoms with E-state index in [-0.39, 0.29) is 6.04 Å². The zero-order valence-electron chi connectivity index (χ0n) is 11.9. The lowest BCUT2D eigenvalue weighted by atomic mass is 10.2. The van der Waals surface area contributed by atoms with E-state index in [2.05, 4.69) is 0 Å². The van der Waals surface area contributed by atoms with Gasteiger partial charge in [-0.1, -0.05) is 12.8 Å². The summed E-state index contributed by atoms with van der Waals surface area (Å²) in [7, 11) is 0. The van der Waals surface area contributed by atoms with Crippen LogP contribution in [0.2, 0.25) is 0 Å². The first kappa shape index (κ1) is 16.8. The first-order valence-electron chi connectivity index (χ1n) is 6.60. The summed E-state index contributed by atoms with van der Waals surface area (Å²) in [5.74, 6) is -1.92. The molecule has 1 rings (SSSR count). The number of halogens is 3. The van der Waals surface area contributed by atoms with Crippen LogP contribution in [0.25, 0.3) is 0 Å². The number of carbonyl (C=O) groups excluding carboxylic acids is 2. The van der Waals surface area contributed by atoms with Crippen LogP contribution in [0.5, 0.6) is 0 Å². The van der Waals surface area contributed by atoms with Crippen molar-refractivity contribution in [2.45, 2.75) is 64.3 Å². The molecule has 0 unspecified atom stereocenters. The van der Waals surface area contributed by atoms with Crippen molar-refractivity contribution in [1.29, 1.82) is 0 Å². The molecule has 0 aromatic rings. The maximum atomic E-state index is 12.4. The second kappa shape index (κ2) is 6.01. The molecule has 0 bridgehead atoms. The highest BCUT2D eigenvalue weighted by molar-refractivity contribution is 5.88. The minimum Gasteiger partial charge on any atom is -0.444 e. The smallest absolute Gasteiger partial charge is 0.444 e. The highest BCUT2D eigenvalue weighted by atomic mass is 19.4. The maximum Gasteiger partial charge on any atom is 0.451 e. The van der Waals surface area contributed by atoms with E-state index in [1.807, 2.05) is 0 Å². The molecule has 1 fully saturated rings. The molecule has 4 nitrogen and oxygen atoms in total. The number of ether oxygens (including phenoxy) is 1. The van der Waals surface area contributed by atoms with Gasteiger partial charge in [-0.3, -0.25) is 9.69 Å². The van der Waals surface area contributed by atoms with Gasteiger partial charge in [0.25, 0.3) is 5.78 Å². The molecular weight excluding hydrogens is 275 g/mol. The largest absolute Gasteiger partial charge is 0.451 e. The van der Waals surface area contributed by atoms with E-state index in [1.165, 1.54) is 0 Å². The van der Waals surface area contributed by atoms with Crippen molar-refractivity contribution in [1.82, 2.24) is 4.90 Å². The molecule has 0 aromatic heterocycles. The first-order valence-corrected chi connectivity index (χ1v) is 6.60. The van der Waals surface area contributed by atoms with Gasteiger partial charge in [-0.2, -0.15) is 13.2 Å². The number of Topliss-reactive ketones (excluding diaryl/α,β-unsaturated/α-hetero) is 1. The van der Waals surface area contributed by atoms with Crippen molar-refractivity contribution in [3.8, 4) is 0 Å². The Kier molecular flexibility index (Phi) is 5.05. The Labute approximate surface area is 116 Å². The summed E-state index contributed by atoms with van der Waals surface area (Å²) in [6, 6.07) is -0.351. The molecule has 0 aliphatic heterocycles. The molecule has 0 saturated heterocycles. The fraction of sp³-hybridized carbons (Fsp3) is 0.846. The van der Waals surface area contributed by atoms with Gasteiger partial charge in [0, 0.05) is 6.04 Å². The fourth-order valence-electron chi connectivity index (χ4n) is 2.12. The predicted octanol–water partition coefficient (Wildman–Crippen LogP) is 3.30. The average molecular weight is 295 g/mol. The second-order valence-corrected chi connectivity index (χ2v) is 5.97. The monoisotopic (exact) mass is 295 g/mol. The summed E-state index contributed by atoms with van der Waals surface area (Å²) in [6.07, 6.45) is -2.91. The molecule has 1 saturated carbocycles. The third-order valence-electron chi connectivity index (χ3n) is 3.02. The van der Waals surface area contributed by atoms with Gasteiger partial charge < -0.3 is 4.74 Å². The van der Waals surface area contributed by atoms with E-state index in [9.17, 15) is 22.8 Å². The number of alkyl halides is 3. The quantitative estimate of drug-likeness (QED) is 0.802. The number of nitrogens with zero attached hydrogens (tertiary/aromatic N) is 1. The first-order chi connectivity index (χ1) is 9.00. The van der Waals surface area contributed by atoms with E-state index in [0.717, 1.165) is 17.7 Å². The summed E-state index contributed by atoms with van der Waals surface area (Å²) in [5, 5.41) is 0. The van der Waals surface area contributed by atoms with E-state index in [4.69, 9.17) is 4.74 Å². The lowest BCUT2D eigenvalue weighted by Crippen LogP contribution is -2.47. The average Bonchev–Trinajstić information content (AvgIpc) is 2.74. The molecule has 0 radical (unpaired) electrons. The SMILES string of the molecule is CC(C)(C)OC(=O)N(CC(=O)C(F)(F)F)C1CCCC1. The number of hydrogen-bond acceptors (Lipinski definition) is 3. The molecule has 0 heterocycles. The molecular formula is C13H20F3NO3. The second-order valence-electron chi connectivity index (χ2n) is 5.97. The van der Waals surface area contributed by atoms with Gasteiger partial charge in [0.1, 0.15) is 5.60 Å². The maximum absolute atomic E-state index is 12.4. The molecule has 1 amide bonds. The van der Waals surface area contributed by atoms with Gasteiger partial charge in [0.2, 0.25) is 0 Å². The van der Waals surface area contributed by atoms with Crippen LogP contribution in [0.1, 0.15) is 46.5 Å². The van der Waals surface area contributed by atoms with Crippen LogP contribution in [0.4, 0.5) is 18.0 Å². The van der Waals surface area contributed by atoms with E-state index < -0.39 is 30.2 Å². The van der Waals surface area contributed by atoms with Crippen molar-refractivity contribution in [2.75, 3.05) is 6.54 Å². The van der Waals surface area contributed by atoms with Crippen LogP contribution >= 0.6 is 0 Å². The Morgan fingerprint density at radius 2 is 1.65 bits per heavy atom. The Bertz CT molecular complexity index is 368. The zero-order chi connectivity index (χ0) is 15.6. The van der Waals surface area contributed by atoms with E-state index in [1.54, 1.807) is 20.8 Å². The number of carbonyl (C=O) groups is 2. The third kappa shape index (κ3) is 5.02. The van der Waals surface area contributed by atoms with Crippen LogP contribution in [-0.4, -0.2) is 41.1 Å². The van der Waals surface area contributed by atoms with Crippen LogP contribution in [0, 0.1) is 0 Å². The van der Waals surface area contributed by atoms with Gasteiger partial charge >= 0.3 is 12.3 Å². The van der Waals surface area contributed by atoms with Crippen molar-refractivity contribution < 1.29 is 27.5 Å². The van der Waals surface area contributed by atoms with Gasteiger partial charge in [0.05, 0.1) is 6.54 Å². The Balaban J connectivity index is 2.80. The summed E-state index contributed by atoms with van der Waals surface area (Å²) in [4.78, 5) is 24.0. The third-order valence-corrected chi connectivity index (χ3v) is 3.02. The van der Waals surface area contributed by atoms with Gasteiger partial charge in [-0.25, -0.2) is 4.79 Å². The zero-order valence-corrected chi connectivity index (χ0v) is 11.9. The molecule has 116 valence electrons. The molecule has 0 N–H and O–H groups in total. The number of ketones is 1. The fourth-order valence-corrected chi connectivity index (χ4v) is 2.12. The molecule has 20 heavy (non-hydrogen) atoms. The van der Waals surface area contributed by atoms with Crippen molar-refractivity contribution in [2.24, 2.45) is 0 Å². The van der Waals surface area contributed by atoms with E-state index >= 15 is 0 Å². The molecule has 0 spiro atoms. The summed E-state index contributed by atoms with van der Waals surface area (Å²) < 4.78 is 42.2. The lowest BCUT2D eigenvalue weighted by Gasteiger charge is -2.31. The lowest BCUT2D eigenvalue weighted by molar-refractivity contribution is -0.172. The summed E-state index contributed by atoms with van der Waals surface area (Å²) in [6.45, 7) is 3.92. The van der Waals surface area contributed by atoms with Gasteiger partial charge in [-0.05, 0) is 33.6 Å². The molecule has 7 heteroatoms. The number of amides is 1. The van der Waals surface area contributed by atoms with Crippen LogP contribution in [0.15, 0.2) is 0 Å². The predicted molar refractivity (Wildman–Crippen MR) is 66.3 cm³/mol. The summed E-state index contributed by atoms with van der Waals surface area (Å²) >= 11 is 0. The van der Waals surface area contributed by atoms with Crippen LogP contribution in [-0.2, 0) is 9.53 Å². The van der Waals surface area contributed by atoms with Crippen molar-refractivity contribution in [3.63, 3.8) is 0 Å². The molecule has 1 aliphatic carbocycles. The van der Waals surface area contributed by atoms with Crippen LogP contribution in [0.3, 0.4) is 0 Å². The highest BCUT2D eigenvalue weighted by Gasteiger charge is 2.42. The Morgan fingerprint density at radius 1 is 1.15 bits per heavy atom. The highest BCUT2D eigenvalue weighted by Crippen LogP contribution is 2.26.